The van der Waals surface area contributed by atoms with Crippen molar-refractivity contribution >= 4 is 0 Å². The second-order valence-corrected chi connectivity index (χ2v) is 5.66. The van der Waals surface area contributed by atoms with Crippen LogP contribution in [0.2, 0.25) is 0 Å². The lowest BCUT2D eigenvalue weighted by molar-refractivity contribution is -0.0538. The molecule has 6 heteroatoms. The molecule has 2 atom stereocenters. The van der Waals surface area contributed by atoms with Gasteiger partial charge in [-0.15, -0.1) is 5.10 Å². The predicted molar refractivity (Wildman–Crippen MR) is 78.6 cm³/mol. The lowest BCUT2D eigenvalue weighted by Gasteiger charge is -2.36. The van der Waals surface area contributed by atoms with Crippen LogP contribution in [-0.4, -0.2) is 50.4 Å². The van der Waals surface area contributed by atoms with Crippen LogP contribution in [0.5, 0.6) is 0 Å². The summed E-state index contributed by atoms with van der Waals surface area (Å²) in [5.41, 5.74) is 1.20. The number of nitrogens with zero attached hydrogens (tertiary/aromatic N) is 5. The molecule has 2 heterocycles. The van der Waals surface area contributed by atoms with E-state index in [-0.39, 0.29) is 6.10 Å². The predicted octanol–water partition coefficient (Wildman–Crippen LogP) is 1.33. The minimum Gasteiger partial charge on any atom is -0.376 e. The van der Waals surface area contributed by atoms with Crippen molar-refractivity contribution in [1.29, 1.82) is 0 Å². The highest BCUT2D eigenvalue weighted by atomic mass is 16.5. The van der Waals surface area contributed by atoms with Gasteiger partial charge in [0.1, 0.15) is 0 Å². The smallest absolute Gasteiger partial charge is 0.165 e. The number of aromatic nitrogens is 4. The maximum Gasteiger partial charge on any atom is 0.165 e. The Morgan fingerprint density at radius 3 is 2.81 bits per heavy atom. The van der Waals surface area contributed by atoms with E-state index in [9.17, 15) is 0 Å². The summed E-state index contributed by atoms with van der Waals surface area (Å²) in [5, 5.41) is 12.1. The van der Waals surface area contributed by atoms with Crippen LogP contribution in [-0.2, 0) is 17.8 Å². The van der Waals surface area contributed by atoms with Gasteiger partial charge in [-0.1, -0.05) is 30.3 Å². The molecule has 0 saturated carbocycles. The Labute approximate surface area is 124 Å². The van der Waals surface area contributed by atoms with Crippen molar-refractivity contribution in [3.8, 4) is 0 Å². The standard InChI is InChI=1S/C15H21N5O/c1-12-11-21-13(2)8-19(12)10-15-16-17-18-20(15)9-14-6-4-3-5-7-14/h3-7,12-13H,8-11H2,1-2H3/t12-,13+/m1/s1. The van der Waals surface area contributed by atoms with Gasteiger partial charge in [0.25, 0.3) is 0 Å². The van der Waals surface area contributed by atoms with E-state index in [1.807, 2.05) is 22.9 Å². The van der Waals surface area contributed by atoms with E-state index >= 15 is 0 Å². The maximum atomic E-state index is 5.67. The quantitative estimate of drug-likeness (QED) is 0.849. The summed E-state index contributed by atoms with van der Waals surface area (Å²) >= 11 is 0. The van der Waals surface area contributed by atoms with Gasteiger partial charge in [0, 0.05) is 12.6 Å². The number of benzene rings is 1. The van der Waals surface area contributed by atoms with Gasteiger partial charge in [0.2, 0.25) is 0 Å². The minimum absolute atomic E-state index is 0.264. The Morgan fingerprint density at radius 2 is 2.00 bits per heavy atom. The first-order valence-electron chi connectivity index (χ1n) is 7.37. The maximum absolute atomic E-state index is 5.67. The lowest BCUT2D eigenvalue weighted by Crippen LogP contribution is -2.47. The first-order chi connectivity index (χ1) is 10.2. The summed E-state index contributed by atoms with van der Waals surface area (Å²) in [4.78, 5) is 2.38. The third-order valence-corrected chi connectivity index (χ3v) is 3.86. The van der Waals surface area contributed by atoms with Crippen molar-refractivity contribution in [2.45, 2.75) is 39.1 Å². The molecule has 1 aromatic carbocycles. The number of rotatable bonds is 4. The topological polar surface area (TPSA) is 56.1 Å². The van der Waals surface area contributed by atoms with E-state index in [4.69, 9.17) is 4.74 Å². The van der Waals surface area contributed by atoms with Crippen LogP contribution < -0.4 is 0 Å². The number of tetrazole rings is 1. The van der Waals surface area contributed by atoms with Crippen molar-refractivity contribution in [3.05, 3.63) is 41.7 Å². The van der Waals surface area contributed by atoms with Crippen molar-refractivity contribution in [2.24, 2.45) is 0 Å². The van der Waals surface area contributed by atoms with E-state index in [1.165, 1.54) is 5.56 Å². The molecular formula is C15H21N5O. The Morgan fingerprint density at radius 1 is 1.19 bits per heavy atom. The summed E-state index contributed by atoms with van der Waals surface area (Å²) in [6.45, 7) is 7.43. The Balaban J connectivity index is 1.70. The molecule has 0 N–H and O–H groups in total. The lowest BCUT2D eigenvalue weighted by atomic mass is 10.2. The number of hydrogen-bond donors (Lipinski definition) is 0. The summed E-state index contributed by atoms with van der Waals surface area (Å²) < 4.78 is 7.54. The molecule has 1 aliphatic rings. The molecule has 0 unspecified atom stereocenters. The molecule has 3 rings (SSSR count). The van der Waals surface area contributed by atoms with Crippen LogP contribution in [0, 0.1) is 0 Å². The second-order valence-electron chi connectivity index (χ2n) is 5.66. The highest BCUT2D eigenvalue weighted by molar-refractivity contribution is 5.14. The normalized spacial score (nSPS) is 23.3. The molecule has 21 heavy (non-hydrogen) atoms. The van der Waals surface area contributed by atoms with E-state index < -0.39 is 0 Å². The van der Waals surface area contributed by atoms with E-state index in [0.717, 1.165) is 25.5 Å². The highest BCUT2D eigenvalue weighted by Gasteiger charge is 2.25. The highest BCUT2D eigenvalue weighted by Crippen LogP contribution is 2.14. The molecular weight excluding hydrogens is 266 g/mol. The van der Waals surface area contributed by atoms with Gasteiger partial charge < -0.3 is 4.74 Å². The fourth-order valence-corrected chi connectivity index (χ4v) is 2.59. The van der Waals surface area contributed by atoms with Crippen molar-refractivity contribution in [1.82, 2.24) is 25.1 Å². The number of hydrogen-bond acceptors (Lipinski definition) is 5. The van der Waals surface area contributed by atoms with Gasteiger partial charge in [-0.05, 0) is 29.8 Å². The zero-order valence-corrected chi connectivity index (χ0v) is 12.5. The van der Waals surface area contributed by atoms with Gasteiger partial charge in [-0.25, -0.2) is 4.68 Å². The van der Waals surface area contributed by atoms with E-state index in [1.54, 1.807) is 0 Å². The fourth-order valence-electron chi connectivity index (χ4n) is 2.59. The zero-order valence-electron chi connectivity index (χ0n) is 12.5. The fraction of sp³-hybridized carbons (Fsp3) is 0.533. The first kappa shape index (κ1) is 14.2. The van der Waals surface area contributed by atoms with Gasteiger partial charge in [-0.3, -0.25) is 4.90 Å². The average molecular weight is 287 g/mol. The molecule has 1 fully saturated rings. The molecule has 1 saturated heterocycles. The molecule has 112 valence electrons. The minimum atomic E-state index is 0.264. The number of ether oxygens (including phenoxy) is 1. The van der Waals surface area contributed by atoms with E-state index in [0.29, 0.717) is 12.6 Å². The third kappa shape index (κ3) is 3.46. The van der Waals surface area contributed by atoms with Crippen LogP contribution in [0.1, 0.15) is 25.2 Å². The molecule has 0 bridgehead atoms. The summed E-state index contributed by atoms with van der Waals surface area (Å²) in [7, 11) is 0. The molecule has 6 nitrogen and oxygen atoms in total. The van der Waals surface area contributed by atoms with Crippen LogP contribution in [0.4, 0.5) is 0 Å². The summed E-state index contributed by atoms with van der Waals surface area (Å²) in [5.74, 6) is 0.903. The average Bonchev–Trinajstić information content (AvgIpc) is 2.91. The van der Waals surface area contributed by atoms with Crippen LogP contribution in [0.3, 0.4) is 0 Å². The van der Waals surface area contributed by atoms with Gasteiger partial charge in [0.05, 0.1) is 25.8 Å². The molecule has 1 aliphatic heterocycles. The SMILES string of the molecule is C[C@@H]1CO[C@@H](C)CN1Cc1nnnn1Cc1ccccc1. The molecule has 2 aromatic rings. The summed E-state index contributed by atoms with van der Waals surface area (Å²) in [6.07, 6.45) is 0.264. The van der Waals surface area contributed by atoms with Gasteiger partial charge in [-0.2, -0.15) is 0 Å². The van der Waals surface area contributed by atoms with Crippen LogP contribution >= 0.6 is 0 Å². The molecule has 0 spiro atoms. The Hall–Kier alpha value is -1.79. The Bertz CT molecular complexity index is 570. The van der Waals surface area contributed by atoms with Crippen molar-refractivity contribution in [2.75, 3.05) is 13.2 Å². The molecule has 0 amide bonds. The monoisotopic (exact) mass is 287 g/mol. The second kappa shape index (κ2) is 6.32. The van der Waals surface area contributed by atoms with Crippen LogP contribution in [0.15, 0.2) is 30.3 Å². The van der Waals surface area contributed by atoms with Crippen molar-refractivity contribution < 1.29 is 4.74 Å². The third-order valence-electron chi connectivity index (χ3n) is 3.86. The van der Waals surface area contributed by atoms with E-state index in [2.05, 4.69) is 46.4 Å². The zero-order chi connectivity index (χ0) is 14.7. The molecule has 1 aromatic heterocycles. The molecule has 0 radical (unpaired) electrons. The van der Waals surface area contributed by atoms with Gasteiger partial charge >= 0.3 is 0 Å². The largest absolute Gasteiger partial charge is 0.376 e. The molecule has 0 aliphatic carbocycles. The summed E-state index contributed by atoms with van der Waals surface area (Å²) in [6, 6.07) is 10.6. The first-order valence-corrected chi connectivity index (χ1v) is 7.37. The van der Waals surface area contributed by atoms with Crippen molar-refractivity contribution in [3.63, 3.8) is 0 Å². The van der Waals surface area contributed by atoms with Gasteiger partial charge in [0.15, 0.2) is 5.82 Å². The van der Waals surface area contributed by atoms with Crippen LogP contribution in [0.25, 0.3) is 0 Å². The Kier molecular flexibility index (Phi) is 4.26. The number of morpholine rings is 1.